The lowest BCUT2D eigenvalue weighted by Gasteiger charge is -2.09. The Balaban J connectivity index is 3.16. The third-order valence-electron chi connectivity index (χ3n) is 1.32. The maximum absolute atomic E-state index is 10.9. The van der Waals surface area contributed by atoms with Gasteiger partial charge >= 0.3 is 5.69 Å². The molecule has 0 aliphatic carbocycles. The van der Waals surface area contributed by atoms with Gasteiger partial charge in [-0.1, -0.05) is 0 Å². The van der Waals surface area contributed by atoms with Gasteiger partial charge < -0.3 is 4.57 Å². The average Bonchev–Trinajstić information content (AvgIpc) is 1.94. The fourth-order valence-corrected chi connectivity index (χ4v) is 0.653. The largest absolute Gasteiger partial charge is 0.349 e. The second-order valence-electron chi connectivity index (χ2n) is 2.29. The molecular formula is C6H10N4O. The van der Waals surface area contributed by atoms with Crippen molar-refractivity contribution < 1.29 is 0 Å². The maximum atomic E-state index is 10.9. The first-order valence-electron chi connectivity index (χ1n) is 3.13. The molecule has 5 nitrogen and oxygen atoms in total. The van der Waals surface area contributed by atoms with Gasteiger partial charge in [0.15, 0.2) is 0 Å². The van der Waals surface area contributed by atoms with Crippen molar-refractivity contribution in [3.8, 4) is 0 Å². The molecular weight excluding hydrogens is 144 g/mol. The van der Waals surface area contributed by atoms with E-state index in [2.05, 4.69) is 4.98 Å². The number of aromatic nitrogens is 2. The number of nitrogens with two attached hydrogens (primary N) is 1. The number of hydrogen-bond acceptors (Lipinski definition) is 4. The smallest absolute Gasteiger partial charge is 0.302 e. The van der Waals surface area contributed by atoms with Crippen LogP contribution in [0.25, 0.3) is 0 Å². The standard InChI is InChI=1S/C6H10N4O/c1-9-4-3-5(10(2)7)8-6(9)11/h3-4H,7H2,1-2H3. The molecule has 0 bridgehead atoms. The Labute approximate surface area is 64.0 Å². The summed E-state index contributed by atoms with van der Waals surface area (Å²) in [6.07, 6.45) is 1.62. The molecule has 0 aliphatic heterocycles. The first-order valence-corrected chi connectivity index (χ1v) is 3.13. The zero-order chi connectivity index (χ0) is 8.43. The van der Waals surface area contributed by atoms with E-state index in [1.165, 1.54) is 9.58 Å². The molecule has 0 unspecified atom stereocenters. The predicted molar refractivity (Wildman–Crippen MR) is 42.1 cm³/mol. The van der Waals surface area contributed by atoms with Crippen LogP contribution >= 0.6 is 0 Å². The Morgan fingerprint density at radius 2 is 2.36 bits per heavy atom. The Bertz CT molecular complexity index is 304. The second-order valence-corrected chi connectivity index (χ2v) is 2.29. The van der Waals surface area contributed by atoms with E-state index in [4.69, 9.17) is 5.84 Å². The molecule has 0 spiro atoms. The first-order chi connectivity index (χ1) is 5.11. The van der Waals surface area contributed by atoms with Gasteiger partial charge in [0.1, 0.15) is 5.82 Å². The molecule has 2 N–H and O–H groups in total. The number of rotatable bonds is 1. The molecule has 1 rings (SSSR count). The van der Waals surface area contributed by atoms with Crippen molar-refractivity contribution in [1.29, 1.82) is 0 Å². The third-order valence-corrected chi connectivity index (χ3v) is 1.32. The van der Waals surface area contributed by atoms with Crippen molar-refractivity contribution in [2.24, 2.45) is 12.9 Å². The van der Waals surface area contributed by atoms with Crippen molar-refractivity contribution in [3.63, 3.8) is 0 Å². The van der Waals surface area contributed by atoms with Crippen LogP contribution in [-0.4, -0.2) is 16.6 Å². The molecule has 11 heavy (non-hydrogen) atoms. The molecule has 60 valence electrons. The summed E-state index contributed by atoms with van der Waals surface area (Å²) in [4.78, 5) is 14.6. The van der Waals surface area contributed by atoms with Crippen LogP contribution in [-0.2, 0) is 7.05 Å². The SMILES string of the molecule is CN(N)c1ccn(C)c(=O)n1. The van der Waals surface area contributed by atoms with E-state index in [-0.39, 0.29) is 5.69 Å². The molecule has 0 aromatic carbocycles. The summed E-state index contributed by atoms with van der Waals surface area (Å²) in [5.41, 5.74) is -0.306. The Morgan fingerprint density at radius 1 is 1.73 bits per heavy atom. The minimum Gasteiger partial charge on any atom is -0.302 e. The summed E-state index contributed by atoms with van der Waals surface area (Å²) in [7, 11) is 3.26. The Kier molecular flexibility index (Phi) is 1.91. The minimum absolute atomic E-state index is 0.306. The van der Waals surface area contributed by atoms with Gasteiger partial charge in [-0.05, 0) is 6.07 Å². The average molecular weight is 154 g/mol. The lowest BCUT2D eigenvalue weighted by Crippen LogP contribution is -2.30. The van der Waals surface area contributed by atoms with Crippen molar-refractivity contribution in [1.82, 2.24) is 9.55 Å². The highest BCUT2D eigenvalue weighted by Gasteiger charge is 1.97. The highest BCUT2D eigenvalue weighted by Crippen LogP contribution is 1.97. The number of hydrazine groups is 1. The van der Waals surface area contributed by atoms with Crippen molar-refractivity contribution in [3.05, 3.63) is 22.7 Å². The second kappa shape index (κ2) is 2.71. The first kappa shape index (κ1) is 7.74. The lowest BCUT2D eigenvalue weighted by atomic mass is 10.6. The molecule has 0 saturated heterocycles. The van der Waals surface area contributed by atoms with Gasteiger partial charge in [-0.3, -0.25) is 5.01 Å². The predicted octanol–water partition coefficient (Wildman–Crippen LogP) is -0.910. The number of hydrogen-bond donors (Lipinski definition) is 1. The maximum Gasteiger partial charge on any atom is 0.349 e. The van der Waals surface area contributed by atoms with Crippen LogP contribution in [0.4, 0.5) is 5.82 Å². The summed E-state index contributed by atoms with van der Waals surface area (Å²) in [5, 5.41) is 1.29. The summed E-state index contributed by atoms with van der Waals surface area (Å²) in [6.45, 7) is 0. The van der Waals surface area contributed by atoms with Crippen LogP contribution in [0.5, 0.6) is 0 Å². The van der Waals surface area contributed by atoms with Gasteiger partial charge in [0.25, 0.3) is 0 Å². The summed E-state index contributed by atoms with van der Waals surface area (Å²) in [6, 6.07) is 1.67. The zero-order valence-electron chi connectivity index (χ0n) is 6.48. The van der Waals surface area contributed by atoms with E-state index in [9.17, 15) is 4.79 Å². The molecule has 5 heteroatoms. The highest BCUT2D eigenvalue weighted by atomic mass is 16.1. The van der Waals surface area contributed by atoms with Crippen LogP contribution in [0.1, 0.15) is 0 Å². The van der Waals surface area contributed by atoms with Gasteiger partial charge in [-0.25, -0.2) is 10.6 Å². The topological polar surface area (TPSA) is 64.2 Å². The van der Waals surface area contributed by atoms with E-state index in [0.29, 0.717) is 5.82 Å². The van der Waals surface area contributed by atoms with E-state index in [0.717, 1.165) is 0 Å². The molecule has 0 fully saturated rings. The molecule has 1 heterocycles. The van der Waals surface area contributed by atoms with Gasteiger partial charge in [0.05, 0.1) is 0 Å². The fourth-order valence-electron chi connectivity index (χ4n) is 0.653. The summed E-state index contributed by atoms with van der Waals surface area (Å²) in [5.74, 6) is 5.82. The fraction of sp³-hybridized carbons (Fsp3) is 0.333. The van der Waals surface area contributed by atoms with Crippen molar-refractivity contribution >= 4 is 5.82 Å². The molecule has 0 saturated carbocycles. The van der Waals surface area contributed by atoms with Gasteiger partial charge in [0.2, 0.25) is 0 Å². The van der Waals surface area contributed by atoms with Crippen molar-refractivity contribution in [2.75, 3.05) is 12.1 Å². The summed E-state index contributed by atoms with van der Waals surface area (Å²) >= 11 is 0. The Hall–Kier alpha value is -1.36. The van der Waals surface area contributed by atoms with Crippen LogP contribution in [0.2, 0.25) is 0 Å². The number of nitrogens with zero attached hydrogens (tertiary/aromatic N) is 3. The number of anilines is 1. The van der Waals surface area contributed by atoms with E-state index in [1.807, 2.05) is 0 Å². The van der Waals surface area contributed by atoms with E-state index >= 15 is 0 Å². The molecule has 0 amide bonds. The molecule has 1 aromatic rings. The van der Waals surface area contributed by atoms with E-state index < -0.39 is 0 Å². The van der Waals surface area contributed by atoms with Gasteiger partial charge in [-0.15, -0.1) is 0 Å². The number of aryl methyl sites for hydroxylation is 1. The third kappa shape index (κ3) is 1.56. The Morgan fingerprint density at radius 3 is 2.82 bits per heavy atom. The van der Waals surface area contributed by atoms with Gasteiger partial charge in [-0.2, -0.15) is 4.98 Å². The van der Waals surface area contributed by atoms with Crippen LogP contribution in [0, 0.1) is 0 Å². The minimum atomic E-state index is -0.306. The zero-order valence-corrected chi connectivity index (χ0v) is 6.48. The molecule has 0 aliphatic rings. The molecule has 1 aromatic heterocycles. The molecule has 0 radical (unpaired) electrons. The normalized spacial score (nSPS) is 9.73. The quantitative estimate of drug-likeness (QED) is 0.420. The summed E-state index contributed by atoms with van der Waals surface area (Å²) < 4.78 is 1.38. The lowest BCUT2D eigenvalue weighted by molar-refractivity contribution is 0.797. The van der Waals surface area contributed by atoms with Gasteiger partial charge in [0, 0.05) is 20.3 Å². The molecule has 0 atom stereocenters. The van der Waals surface area contributed by atoms with Crippen LogP contribution in [0.15, 0.2) is 17.1 Å². The monoisotopic (exact) mass is 154 g/mol. The highest BCUT2D eigenvalue weighted by molar-refractivity contribution is 5.32. The van der Waals surface area contributed by atoms with Crippen molar-refractivity contribution in [2.45, 2.75) is 0 Å². The van der Waals surface area contributed by atoms with Crippen LogP contribution < -0.4 is 16.5 Å². The van der Waals surface area contributed by atoms with E-state index in [1.54, 1.807) is 26.4 Å². The van der Waals surface area contributed by atoms with Crippen LogP contribution in [0.3, 0.4) is 0 Å².